The SMILES string of the molecule is C/C(=C\C(=N)c1ccccc1)C1=CC=CCC1.CC.CC.CC.CC.Cc1cccc(-c2ccc(CN(C)C(c3ccccc3)c3ccccc3)c3oc4ccccc4c23)c1. The van der Waals surface area contributed by atoms with E-state index in [0.717, 1.165) is 41.5 Å². The Labute approximate surface area is 368 Å². The van der Waals surface area contributed by atoms with Crippen molar-refractivity contribution < 1.29 is 4.42 Å². The minimum Gasteiger partial charge on any atom is -0.456 e. The lowest BCUT2D eigenvalue weighted by Crippen LogP contribution is -2.25. The molecule has 0 saturated heterocycles. The van der Waals surface area contributed by atoms with Crippen molar-refractivity contribution in [1.82, 2.24) is 4.90 Å². The molecule has 61 heavy (non-hydrogen) atoms. The van der Waals surface area contributed by atoms with Crippen molar-refractivity contribution in [2.45, 2.75) is 94.7 Å². The number of furan rings is 1. The standard InChI is InChI=1S/C34H29NO.C16H17N.4C2H6/c1-24-12-11-17-27(22-24)29-21-20-28(34-32(29)30-18-9-10-19-31(30)36-34)23-35(2)33(25-13-5-3-6-14-25)26-15-7-4-8-16-26;1-13(14-8-4-2-5-9-14)12-16(17)15-10-6-3-7-11-15;4*1-2/h3-22,33H,23H2,1-2H3;2-4,6-8,10-12,17H,5,9H2,1H3;4*1-2H3/b;13-12+,17-16?;;;;. The summed E-state index contributed by atoms with van der Waals surface area (Å²) in [5.74, 6) is 0. The van der Waals surface area contributed by atoms with E-state index in [1.807, 2.05) is 97.9 Å². The predicted octanol–water partition coefficient (Wildman–Crippen LogP) is 17.2. The molecule has 8 rings (SSSR count). The first-order valence-corrected chi connectivity index (χ1v) is 22.4. The number of fused-ring (bicyclic) bond motifs is 3. The van der Waals surface area contributed by atoms with Crippen molar-refractivity contribution in [1.29, 1.82) is 5.41 Å². The van der Waals surface area contributed by atoms with Gasteiger partial charge in [-0.05, 0) is 84.8 Å². The maximum Gasteiger partial charge on any atom is 0.140 e. The Morgan fingerprint density at radius 1 is 0.689 bits per heavy atom. The number of rotatable bonds is 9. The molecule has 1 aromatic heterocycles. The molecule has 0 atom stereocenters. The highest BCUT2D eigenvalue weighted by atomic mass is 16.3. The average molecular weight is 811 g/mol. The fourth-order valence-corrected chi connectivity index (χ4v) is 7.33. The Balaban J connectivity index is 0.000000333. The summed E-state index contributed by atoms with van der Waals surface area (Å²) in [6, 6.07) is 53.1. The second-order valence-corrected chi connectivity index (χ2v) is 13.8. The van der Waals surface area contributed by atoms with Gasteiger partial charge in [0.25, 0.3) is 0 Å². The molecule has 0 bridgehead atoms. The normalized spacial score (nSPS) is 11.6. The molecule has 0 radical (unpaired) electrons. The van der Waals surface area contributed by atoms with Gasteiger partial charge >= 0.3 is 0 Å². The molecular weight excluding hydrogens is 741 g/mol. The summed E-state index contributed by atoms with van der Waals surface area (Å²) in [5.41, 5.74) is 13.4. The van der Waals surface area contributed by atoms with Crippen molar-refractivity contribution in [2.24, 2.45) is 0 Å². The van der Waals surface area contributed by atoms with Crippen molar-refractivity contribution in [3.63, 3.8) is 0 Å². The highest BCUT2D eigenvalue weighted by Gasteiger charge is 2.22. The molecule has 1 aliphatic rings. The zero-order valence-electron chi connectivity index (χ0n) is 38.8. The predicted molar refractivity (Wildman–Crippen MR) is 269 cm³/mol. The summed E-state index contributed by atoms with van der Waals surface area (Å²) in [7, 11) is 2.20. The van der Waals surface area contributed by atoms with E-state index in [-0.39, 0.29) is 6.04 Å². The Kier molecular flexibility index (Phi) is 21.8. The van der Waals surface area contributed by atoms with Crippen molar-refractivity contribution in [2.75, 3.05) is 7.05 Å². The quantitative estimate of drug-likeness (QED) is 0.148. The van der Waals surface area contributed by atoms with E-state index in [1.165, 1.54) is 49.9 Å². The highest BCUT2D eigenvalue weighted by Crippen LogP contribution is 2.40. The van der Waals surface area contributed by atoms with Crippen molar-refractivity contribution >= 4 is 27.7 Å². The Bertz CT molecular complexity index is 2380. The summed E-state index contributed by atoms with van der Waals surface area (Å²) in [6.07, 6.45) is 10.6. The zero-order chi connectivity index (χ0) is 44.6. The second-order valence-electron chi connectivity index (χ2n) is 13.8. The molecule has 318 valence electrons. The minimum absolute atomic E-state index is 0.142. The lowest BCUT2D eigenvalue weighted by molar-refractivity contribution is 0.270. The molecular formula is C58H70N2O. The van der Waals surface area contributed by atoms with Crippen molar-refractivity contribution in [3.05, 3.63) is 215 Å². The van der Waals surface area contributed by atoms with Gasteiger partial charge in [0.05, 0.1) is 11.8 Å². The molecule has 1 N–H and O–H groups in total. The van der Waals surface area contributed by atoms with Gasteiger partial charge in [0.15, 0.2) is 0 Å². The van der Waals surface area contributed by atoms with Crippen LogP contribution in [0.2, 0.25) is 0 Å². The van der Waals surface area contributed by atoms with Crippen LogP contribution in [0.5, 0.6) is 0 Å². The lowest BCUT2D eigenvalue weighted by Gasteiger charge is -2.29. The van der Waals surface area contributed by atoms with Gasteiger partial charge in [0, 0.05) is 22.9 Å². The van der Waals surface area contributed by atoms with Gasteiger partial charge in [0.2, 0.25) is 0 Å². The summed E-state index contributed by atoms with van der Waals surface area (Å²) >= 11 is 0. The third kappa shape index (κ3) is 13.5. The molecule has 7 aromatic rings. The van der Waals surface area contributed by atoms with Gasteiger partial charge in [-0.3, -0.25) is 4.90 Å². The van der Waals surface area contributed by atoms with E-state index in [2.05, 4.69) is 159 Å². The maximum absolute atomic E-state index is 8.06. The van der Waals surface area contributed by atoms with Crippen LogP contribution in [0.3, 0.4) is 0 Å². The second kappa shape index (κ2) is 26.9. The molecule has 0 spiro atoms. The van der Waals surface area contributed by atoms with E-state index in [1.54, 1.807) is 0 Å². The molecule has 0 fully saturated rings. The van der Waals surface area contributed by atoms with Crippen LogP contribution in [0, 0.1) is 12.3 Å². The van der Waals surface area contributed by atoms with Gasteiger partial charge < -0.3 is 9.83 Å². The van der Waals surface area contributed by atoms with Crippen LogP contribution >= 0.6 is 0 Å². The monoisotopic (exact) mass is 811 g/mol. The Morgan fingerprint density at radius 2 is 1.26 bits per heavy atom. The van der Waals surface area contributed by atoms with E-state index >= 15 is 0 Å². The summed E-state index contributed by atoms with van der Waals surface area (Å²) < 4.78 is 6.54. The molecule has 1 heterocycles. The largest absolute Gasteiger partial charge is 0.456 e. The van der Waals surface area contributed by atoms with Gasteiger partial charge in [-0.1, -0.05) is 225 Å². The fourth-order valence-electron chi connectivity index (χ4n) is 7.33. The molecule has 0 aliphatic heterocycles. The number of benzene rings is 6. The van der Waals surface area contributed by atoms with Gasteiger partial charge in [-0.25, -0.2) is 0 Å². The van der Waals surface area contributed by atoms with Crippen LogP contribution in [-0.2, 0) is 6.54 Å². The van der Waals surface area contributed by atoms with E-state index in [0.29, 0.717) is 5.71 Å². The first-order valence-electron chi connectivity index (χ1n) is 22.4. The van der Waals surface area contributed by atoms with E-state index in [4.69, 9.17) is 9.83 Å². The smallest absolute Gasteiger partial charge is 0.140 e. The topological polar surface area (TPSA) is 40.2 Å². The van der Waals surface area contributed by atoms with E-state index in [9.17, 15) is 0 Å². The first kappa shape index (κ1) is 49.3. The maximum atomic E-state index is 8.06. The van der Waals surface area contributed by atoms with Gasteiger partial charge in [0.1, 0.15) is 11.2 Å². The number of hydrogen-bond acceptors (Lipinski definition) is 3. The van der Waals surface area contributed by atoms with Crippen LogP contribution in [0.25, 0.3) is 33.1 Å². The molecule has 1 aliphatic carbocycles. The third-order valence-corrected chi connectivity index (χ3v) is 9.99. The highest BCUT2D eigenvalue weighted by molar-refractivity contribution is 6.13. The van der Waals surface area contributed by atoms with Crippen molar-refractivity contribution in [3.8, 4) is 11.1 Å². The molecule has 0 saturated carbocycles. The molecule has 0 unspecified atom stereocenters. The number of para-hydroxylation sites is 1. The molecule has 0 amide bonds. The number of nitrogens with zero attached hydrogens (tertiary/aromatic N) is 1. The number of allylic oxidation sites excluding steroid dienone is 6. The van der Waals surface area contributed by atoms with Crippen LogP contribution < -0.4 is 0 Å². The zero-order valence-corrected chi connectivity index (χ0v) is 38.8. The Morgan fingerprint density at radius 3 is 1.84 bits per heavy atom. The van der Waals surface area contributed by atoms with Gasteiger partial charge in [-0.2, -0.15) is 0 Å². The summed E-state index contributed by atoms with van der Waals surface area (Å²) in [5, 5.41) is 10.4. The van der Waals surface area contributed by atoms with Crippen LogP contribution in [0.1, 0.15) is 109 Å². The minimum atomic E-state index is 0.142. The van der Waals surface area contributed by atoms with Crippen LogP contribution in [0.4, 0.5) is 0 Å². The number of aryl methyl sites for hydroxylation is 1. The van der Waals surface area contributed by atoms with E-state index < -0.39 is 0 Å². The summed E-state index contributed by atoms with van der Waals surface area (Å²) in [6.45, 7) is 21.0. The van der Waals surface area contributed by atoms with Gasteiger partial charge in [-0.15, -0.1) is 0 Å². The Hall–Kier alpha value is -6.03. The van der Waals surface area contributed by atoms with Crippen LogP contribution in [-0.4, -0.2) is 17.7 Å². The van der Waals surface area contributed by atoms with Crippen LogP contribution in [0.15, 0.2) is 192 Å². The third-order valence-electron chi connectivity index (χ3n) is 9.99. The lowest BCUT2D eigenvalue weighted by atomic mass is 9.94. The number of nitrogens with one attached hydrogen (secondary N) is 1. The molecule has 6 aromatic carbocycles. The molecule has 3 heteroatoms. The molecule has 3 nitrogen and oxygen atoms in total. The first-order chi connectivity index (χ1) is 30.0. The fraction of sp³-hybridized carbons (Fsp3) is 0.259. The number of hydrogen-bond donors (Lipinski definition) is 1. The summed E-state index contributed by atoms with van der Waals surface area (Å²) in [4.78, 5) is 2.42. The average Bonchev–Trinajstić information content (AvgIpc) is 3.74.